The molecule has 0 bridgehead atoms. The van der Waals surface area contributed by atoms with Crippen LogP contribution in [0.4, 0.5) is 0 Å². The summed E-state index contributed by atoms with van der Waals surface area (Å²) in [4.78, 5) is 11.2. The highest BCUT2D eigenvalue weighted by Crippen LogP contribution is 2.34. The molecule has 0 amide bonds. The number of aromatic carboxylic acids is 1. The van der Waals surface area contributed by atoms with E-state index in [1.807, 2.05) is 0 Å². The maximum absolute atomic E-state index is 11.2. The first-order valence-corrected chi connectivity index (χ1v) is 10.1. The van der Waals surface area contributed by atoms with E-state index in [-0.39, 0.29) is 17.1 Å². The second-order valence-corrected chi connectivity index (χ2v) is 7.78. The van der Waals surface area contributed by atoms with Crippen LogP contribution in [0.5, 0.6) is 11.5 Å². The normalized spacial score (nSPS) is 39.2. The van der Waals surface area contributed by atoms with Gasteiger partial charge in [0, 0.05) is 0 Å². The third kappa shape index (κ3) is 5.21. The number of carboxylic acid groups (broad SMARTS) is 1. The summed E-state index contributed by atoms with van der Waals surface area (Å²) in [6.45, 7) is 0.758. The minimum atomic E-state index is -1.71. The van der Waals surface area contributed by atoms with Crippen molar-refractivity contribution in [3.05, 3.63) is 23.8 Å². The van der Waals surface area contributed by atoms with E-state index in [2.05, 4.69) is 0 Å². The summed E-state index contributed by atoms with van der Waals surface area (Å²) in [5.41, 5.74) is -0.0829. The molecule has 186 valence electrons. The van der Waals surface area contributed by atoms with Crippen molar-refractivity contribution in [3.8, 4) is 11.5 Å². The number of aliphatic hydroxyl groups is 6. The van der Waals surface area contributed by atoms with Crippen LogP contribution in [0.15, 0.2) is 18.2 Å². The molecule has 0 aliphatic carbocycles. The van der Waals surface area contributed by atoms with Gasteiger partial charge in [-0.15, -0.1) is 0 Å². The van der Waals surface area contributed by atoms with Crippen molar-refractivity contribution in [1.82, 2.24) is 0 Å². The van der Waals surface area contributed by atoms with E-state index in [0.29, 0.717) is 0 Å². The van der Waals surface area contributed by atoms with Crippen molar-refractivity contribution in [2.45, 2.75) is 68.3 Å². The lowest BCUT2D eigenvalue weighted by Gasteiger charge is -2.45. The molecule has 10 atom stereocenters. The van der Waals surface area contributed by atoms with Crippen LogP contribution < -0.4 is 9.47 Å². The van der Waals surface area contributed by atoms with E-state index in [4.69, 9.17) is 28.8 Å². The molecule has 7 N–H and O–H groups in total. The van der Waals surface area contributed by atoms with Gasteiger partial charge in [0.05, 0.1) is 25.4 Å². The van der Waals surface area contributed by atoms with Crippen LogP contribution in [0, 0.1) is 0 Å². The van der Waals surface area contributed by atoms with E-state index in [0.717, 1.165) is 0 Å². The van der Waals surface area contributed by atoms with Crippen LogP contribution in [0.2, 0.25) is 0 Å². The van der Waals surface area contributed by atoms with Crippen LogP contribution in [-0.2, 0) is 14.2 Å². The van der Waals surface area contributed by atoms with Crippen molar-refractivity contribution in [3.63, 3.8) is 0 Å². The fraction of sp³-hybridized carbons (Fsp3) is 0.650. The van der Waals surface area contributed by atoms with Crippen LogP contribution in [0.1, 0.15) is 17.3 Å². The summed E-state index contributed by atoms with van der Waals surface area (Å²) in [7, 11) is 1.28. The fourth-order valence-electron chi connectivity index (χ4n) is 3.60. The predicted octanol–water partition coefficient (Wildman–Crippen LogP) is -2.58. The minimum Gasteiger partial charge on any atom is -0.493 e. The number of benzene rings is 1. The quantitative estimate of drug-likeness (QED) is 0.216. The molecule has 33 heavy (non-hydrogen) atoms. The summed E-state index contributed by atoms with van der Waals surface area (Å²) in [6.07, 6.45) is -14.8. The van der Waals surface area contributed by atoms with E-state index < -0.39 is 74.0 Å². The number of rotatable bonds is 7. The summed E-state index contributed by atoms with van der Waals surface area (Å²) in [5.74, 6) is -1.19. The van der Waals surface area contributed by atoms with Gasteiger partial charge in [-0.3, -0.25) is 0 Å². The molecule has 13 heteroatoms. The Kier molecular flexibility index (Phi) is 8.10. The summed E-state index contributed by atoms with van der Waals surface area (Å²) in [6, 6.07) is 3.71. The van der Waals surface area contributed by atoms with Crippen LogP contribution >= 0.6 is 0 Å². The van der Waals surface area contributed by atoms with Crippen molar-refractivity contribution in [1.29, 1.82) is 0 Å². The predicted molar refractivity (Wildman–Crippen MR) is 106 cm³/mol. The highest BCUT2D eigenvalue weighted by Gasteiger charge is 2.51. The molecule has 1 aromatic rings. The molecule has 1 aromatic carbocycles. The lowest BCUT2D eigenvalue weighted by Crippen LogP contribution is -2.64. The van der Waals surface area contributed by atoms with Crippen LogP contribution in [-0.4, -0.2) is 117 Å². The number of carbonyl (C=O) groups is 1. The van der Waals surface area contributed by atoms with Gasteiger partial charge in [0.2, 0.25) is 6.29 Å². The van der Waals surface area contributed by atoms with Gasteiger partial charge < -0.3 is 59.4 Å². The Morgan fingerprint density at radius 1 is 0.939 bits per heavy atom. The second kappa shape index (κ2) is 10.5. The van der Waals surface area contributed by atoms with Gasteiger partial charge in [0.1, 0.15) is 36.6 Å². The number of methoxy groups -OCH3 is 1. The number of carboxylic acids is 1. The van der Waals surface area contributed by atoms with Crippen molar-refractivity contribution in [2.24, 2.45) is 0 Å². The molecule has 2 fully saturated rings. The summed E-state index contributed by atoms with van der Waals surface area (Å²) >= 11 is 0. The van der Waals surface area contributed by atoms with E-state index in [1.165, 1.54) is 32.2 Å². The van der Waals surface area contributed by atoms with E-state index in [1.54, 1.807) is 0 Å². The van der Waals surface area contributed by atoms with Gasteiger partial charge in [-0.2, -0.15) is 0 Å². The zero-order valence-electron chi connectivity index (χ0n) is 17.8. The molecule has 0 saturated carbocycles. The largest absolute Gasteiger partial charge is 0.493 e. The third-order valence-electron chi connectivity index (χ3n) is 5.58. The fourth-order valence-corrected chi connectivity index (χ4v) is 3.60. The minimum absolute atomic E-state index is 0.00434. The van der Waals surface area contributed by atoms with Crippen molar-refractivity contribution < 1.29 is 64.2 Å². The average molecular weight is 476 g/mol. The first-order valence-electron chi connectivity index (χ1n) is 10.1. The molecular formula is C20H28O13. The molecule has 0 spiro atoms. The smallest absolute Gasteiger partial charge is 0.335 e. The average Bonchev–Trinajstić information content (AvgIpc) is 2.80. The Labute approximate surface area is 188 Å². The van der Waals surface area contributed by atoms with Crippen LogP contribution in [0.3, 0.4) is 0 Å². The zero-order valence-corrected chi connectivity index (χ0v) is 17.8. The first-order chi connectivity index (χ1) is 15.6. The number of hydrogen-bond acceptors (Lipinski definition) is 12. The lowest BCUT2D eigenvalue weighted by molar-refractivity contribution is -0.354. The van der Waals surface area contributed by atoms with Gasteiger partial charge >= 0.3 is 5.97 Å². The van der Waals surface area contributed by atoms with E-state index in [9.17, 15) is 35.4 Å². The van der Waals surface area contributed by atoms with Gasteiger partial charge in [-0.25, -0.2) is 4.79 Å². The molecule has 0 radical (unpaired) electrons. The van der Waals surface area contributed by atoms with Gasteiger partial charge in [-0.05, 0) is 25.1 Å². The highest BCUT2D eigenvalue weighted by molar-refractivity contribution is 5.88. The summed E-state index contributed by atoms with van der Waals surface area (Å²) in [5, 5.41) is 69.7. The Morgan fingerprint density at radius 2 is 1.64 bits per heavy atom. The van der Waals surface area contributed by atoms with Crippen molar-refractivity contribution >= 4 is 5.97 Å². The topological polar surface area (TPSA) is 205 Å². The Morgan fingerprint density at radius 3 is 2.24 bits per heavy atom. The number of hydrogen-bond donors (Lipinski definition) is 7. The molecule has 3 rings (SSSR count). The maximum Gasteiger partial charge on any atom is 0.335 e. The summed E-state index contributed by atoms with van der Waals surface area (Å²) < 4.78 is 27.4. The van der Waals surface area contributed by atoms with Gasteiger partial charge in [0.25, 0.3) is 0 Å². The van der Waals surface area contributed by atoms with Crippen LogP contribution in [0.25, 0.3) is 0 Å². The molecule has 13 nitrogen and oxygen atoms in total. The number of ether oxygens (including phenoxy) is 5. The number of aliphatic hydroxyl groups excluding tert-OH is 6. The molecule has 2 saturated heterocycles. The third-order valence-corrected chi connectivity index (χ3v) is 5.58. The maximum atomic E-state index is 11.2. The Hall–Kier alpha value is -2.07. The molecule has 2 heterocycles. The Bertz CT molecular complexity index is 819. The molecule has 0 unspecified atom stereocenters. The molecule has 0 aromatic heterocycles. The molecule has 2 aliphatic rings. The molecule has 2 aliphatic heterocycles. The monoisotopic (exact) mass is 476 g/mol. The highest BCUT2D eigenvalue weighted by atomic mass is 16.8. The van der Waals surface area contributed by atoms with Gasteiger partial charge in [-0.1, -0.05) is 0 Å². The van der Waals surface area contributed by atoms with E-state index >= 15 is 0 Å². The van der Waals surface area contributed by atoms with Gasteiger partial charge in [0.15, 0.2) is 23.9 Å². The zero-order chi connectivity index (χ0) is 24.4. The standard InChI is InChI=1S/C20H28O13/c1-7-12(22)14(24)16(26)19(30-7)33-17-15(25)13(23)11(6-21)32-20(17)31-9-4-3-8(18(27)28)5-10(9)29-2/h3-5,7,11-17,19-26H,6H2,1-2H3,(H,27,28)/t7-,11-,12+,13-,14-,15+,16-,17+,19+,20-/m1/s1. The second-order valence-electron chi connectivity index (χ2n) is 7.78. The van der Waals surface area contributed by atoms with Crippen molar-refractivity contribution in [2.75, 3.05) is 13.7 Å². The SMILES string of the molecule is COc1cc(C(=O)O)ccc1O[C@@H]1O[C@H](CO)[C@@H](O)[C@H](O)[C@@H]1O[C@@H]1O[C@H](C)[C@H](O)[C@@H](O)[C@H]1O. The molecular weight excluding hydrogens is 448 g/mol. The Balaban J connectivity index is 1.87. The first kappa shape index (κ1) is 25.6. The lowest BCUT2D eigenvalue weighted by atomic mass is 9.97.